The fourth-order valence-corrected chi connectivity index (χ4v) is 1.73. The minimum Gasteiger partial charge on any atom is -0.506 e. The van der Waals surface area contributed by atoms with Gasteiger partial charge in [-0.15, -0.1) is 0 Å². The summed E-state index contributed by atoms with van der Waals surface area (Å²) >= 11 is 0. The Morgan fingerprint density at radius 3 is 2.75 bits per heavy atom. The van der Waals surface area contributed by atoms with Crippen molar-refractivity contribution in [2.24, 2.45) is 0 Å². The number of urea groups is 1. The van der Waals surface area contributed by atoms with Gasteiger partial charge in [0.1, 0.15) is 11.6 Å². The molecule has 0 fully saturated rings. The third-order valence-electron chi connectivity index (χ3n) is 2.80. The van der Waals surface area contributed by atoms with Crippen molar-refractivity contribution < 1.29 is 14.3 Å². The van der Waals surface area contributed by atoms with Crippen LogP contribution in [0.25, 0.3) is 0 Å². The summed E-state index contributed by atoms with van der Waals surface area (Å²) in [5.74, 6) is -0.386. The maximum Gasteiger partial charge on any atom is 0.319 e. The standard InChI is InChI=1S/C15H15FN2O2/c1-10-6-7-14(19)13(8-10)18-15(20)17-9-11-4-2-3-5-12(11)16/h2-8,19H,9H2,1H3,(H2,17,18,20). The number of hydrogen-bond acceptors (Lipinski definition) is 2. The molecule has 0 atom stereocenters. The van der Waals surface area contributed by atoms with Crippen LogP contribution in [0.15, 0.2) is 42.5 Å². The van der Waals surface area contributed by atoms with Crippen molar-refractivity contribution in [2.75, 3.05) is 5.32 Å². The molecule has 0 spiro atoms. The quantitative estimate of drug-likeness (QED) is 0.753. The summed E-state index contributed by atoms with van der Waals surface area (Å²) in [7, 11) is 0. The Morgan fingerprint density at radius 2 is 2.00 bits per heavy atom. The minimum atomic E-state index is -0.505. The highest BCUT2D eigenvalue weighted by Crippen LogP contribution is 2.23. The predicted molar refractivity (Wildman–Crippen MR) is 75.1 cm³/mol. The fourth-order valence-electron chi connectivity index (χ4n) is 1.73. The van der Waals surface area contributed by atoms with Crippen LogP contribution in [-0.2, 0) is 6.54 Å². The molecule has 2 amide bonds. The van der Waals surface area contributed by atoms with Gasteiger partial charge >= 0.3 is 6.03 Å². The van der Waals surface area contributed by atoms with Crippen molar-refractivity contribution in [3.8, 4) is 5.75 Å². The number of carbonyl (C=O) groups excluding carboxylic acids is 1. The van der Waals surface area contributed by atoms with Crippen molar-refractivity contribution in [1.82, 2.24) is 5.32 Å². The van der Waals surface area contributed by atoms with Crippen LogP contribution in [0.4, 0.5) is 14.9 Å². The van der Waals surface area contributed by atoms with E-state index in [9.17, 15) is 14.3 Å². The van der Waals surface area contributed by atoms with Crippen molar-refractivity contribution in [2.45, 2.75) is 13.5 Å². The summed E-state index contributed by atoms with van der Waals surface area (Å²) in [6.45, 7) is 1.92. The van der Waals surface area contributed by atoms with Crippen molar-refractivity contribution in [3.63, 3.8) is 0 Å². The number of anilines is 1. The van der Waals surface area contributed by atoms with Gasteiger partial charge in [0, 0.05) is 12.1 Å². The first-order chi connectivity index (χ1) is 9.56. The smallest absolute Gasteiger partial charge is 0.319 e. The lowest BCUT2D eigenvalue weighted by Gasteiger charge is -2.10. The lowest BCUT2D eigenvalue weighted by atomic mass is 10.2. The van der Waals surface area contributed by atoms with Crippen LogP contribution >= 0.6 is 0 Å². The van der Waals surface area contributed by atoms with Crippen LogP contribution in [0.1, 0.15) is 11.1 Å². The first-order valence-electron chi connectivity index (χ1n) is 6.14. The number of benzene rings is 2. The van der Waals surface area contributed by atoms with Gasteiger partial charge in [-0.05, 0) is 30.7 Å². The van der Waals surface area contributed by atoms with Crippen LogP contribution in [-0.4, -0.2) is 11.1 Å². The maximum absolute atomic E-state index is 13.4. The van der Waals surface area contributed by atoms with E-state index in [0.717, 1.165) is 5.56 Å². The monoisotopic (exact) mass is 274 g/mol. The molecular formula is C15H15FN2O2. The fraction of sp³-hybridized carbons (Fsp3) is 0.133. The molecule has 20 heavy (non-hydrogen) atoms. The number of aromatic hydroxyl groups is 1. The zero-order chi connectivity index (χ0) is 14.5. The molecule has 0 heterocycles. The average molecular weight is 274 g/mol. The van der Waals surface area contributed by atoms with E-state index < -0.39 is 6.03 Å². The van der Waals surface area contributed by atoms with Gasteiger partial charge in [0.05, 0.1) is 5.69 Å². The second kappa shape index (κ2) is 6.06. The molecule has 0 radical (unpaired) electrons. The Labute approximate surface area is 116 Å². The number of aryl methyl sites for hydroxylation is 1. The van der Waals surface area contributed by atoms with Gasteiger partial charge in [0.25, 0.3) is 0 Å². The van der Waals surface area contributed by atoms with Gasteiger partial charge in [0.2, 0.25) is 0 Å². The largest absolute Gasteiger partial charge is 0.506 e. The number of hydrogen-bond donors (Lipinski definition) is 3. The molecule has 2 aromatic rings. The van der Waals surface area contributed by atoms with Gasteiger partial charge in [-0.1, -0.05) is 24.3 Å². The summed E-state index contributed by atoms with van der Waals surface area (Å²) in [5.41, 5.74) is 1.62. The normalized spacial score (nSPS) is 10.1. The first kappa shape index (κ1) is 13.9. The van der Waals surface area contributed by atoms with Gasteiger partial charge in [0.15, 0.2) is 0 Å². The van der Waals surface area contributed by atoms with E-state index in [1.54, 1.807) is 30.3 Å². The average Bonchev–Trinajstić information content (AvgIpc) is 2.42. The van der Waals surface area contributed by atoms with Crippen LogP contribution < -0.4 is 10.6 Å². The molecule has 0 aliphatic rings. The Morgan fingerprint density at radius 1 is 1.25 bits per heavy atom. The molecule has 0 bridgehead atoms. The molecule has 5 heteroatoms. The summed E-state index contributed by atoms with van der Waals surface area (Å²) < 4.78 is 13.4. The molecule has 2 aromatic carbocycles. The highest BCUT2D eigenvalue weighted by molar-refractivity contribution is 5.90. The number of halogens is 1. The Hall–Kier alpha value is -2.56. The van der Waals surface area contributed by atoms with Crippen LogP contribution in [0.2, 0.25) is 0 Å². The van der Waals surface area contributed by atoms with E-state index in [0.29, 0.717) is 11.3 Å². The Bertz CT molecular complexity index is 629. The predicted octanol–water partition coefficient (Wildman–Crippen LogP) is 3.16. The number of rotatable bonds is 3. The van der Waals surface area contributed by atoms with E-state index in [1.807, 2.05) is 6.92 Å². The Balaban J connectivity index is 1.96. The zero-order valence-electron chi connectivity index (χ0n) is 11.0. The summed E-state index contributed by atoms with van der Waals surface area (Å²) in [6, 6.07) is 10.6. The van der Waals surface area contributed by atoms with Gasteiger partial charge in [-0.2, -0.15) is 0 Å². The number of carbonyl (C=O) groups is 1. The van der Waals surface area contributed by atoms with Crippen LogP contribution in [0.5, 0.6) is 5.75 Å². The summed E-state index contributed by atoms with van der Waals surface area (Å²) in [5, 5.41) is 14.7. The van der Waals surface area contributed by atoms with E-state index in [-0.39, 0.29) is 18.1 Å². The highest BCUT2D eigenvalue weighted by Gasteiger charge is 2.07. The van der Waals surface area contributed by atoms with Gasteiger partial charge in [-0.3, -0.25) is 0 Å². The molecule has 0 saturated carbocycles. The van der Waals surface area contributed by atoms with E-state index in [1.165, 1.54) is 12.1 Å². The topological polar surface area (TPSA) is 61.4 Å². The molecule has 104 valence electrons. The van der Waals surface area contributed by atoms with Crippen LogP contribution in [0.3, 0.4) is 0 Å². The second-order valence-electron chi connectivity index (χ2n) is 4.42. The molecule has 0 aromatic heterocycles. The van der Waals surface area contributed by atoms with E-state index in [4.69, 9.17) is 0 Å². The third kappa shape index (κ3) is 3.47. The second-order valence-corrected chi connectivity index (χ2v) is 4.42. The number of phenols is 1. The summed E-state index contributed by atoms with van der Waals surface area (Å²) in [6.07, 6.45) is 0. The van der Waals surface area contributed by atoms with Crippen molar-refractivity contribution in [3.05, 3.63) is 59.4 Å². The van der Waals surface area contributed by atoms with Gasteiger partial charge < -0.3 is 15.7 Å². The Kier molecular flexibility index (Phi) is 4.20. The number of phenolic OH excluding ortho intramolecular Hbond substituents is 1. The number of amides is 2. The highest BCUT2D eigenvalue weighted by atomic mass is 19.1. The first-order valence-corrected chi connectivity index (χ1v) is 6.14. The van der Waals surface area contributed by atoms with E-state index in [2.05, 4.69) is 10.6 Å². The molecular weight excluding hydrogens is 259 g/mol. The molecule has 0 aliphatic heterocycles. The third-order valence-corrected chi connectivity index (χ3v) is 2.80. The molecule has 0 aliphatic carbocycles. The number of nitrogens with one attached hydrogen (secondary N) is 2. The SMILES string of the molecule is Cc1ccc(O)c(NC(=O)NCc2ccccc2F)c1. The molecule has 0 saturated heterocycles. The van der Waals surface area contributed by atoms with Crippen molar-refractivity contribution >= 4 is 11.7 Å². The van der Waals surface area contributed by atoms with E-state index >= 15 is 0 Å². The lowest BCUT2D eigenvalue weighted by molar-refractivity contribution is 0.251. The minimum absolute atomic E-state index is 0.0170. The van der Waals surface area contributed by atoms with Crippen LogP contribution in [0, 0.1) is 12.7 Å². The maximum atomic E-state index is 13.4. The van der Waals surface area contributed by atoms with Crippen molar-refractivity contribution in [1.29, 1.82) is 0 Å². The zero-order valence-corrected chi connectivity index (χ0v) is 11.0. The van der Waals surface area contributed by atoms with Gasteiger partial charge in [-0.25, -0.2) is 9.18 Å². The summed E-state index contributed by atoms with van der Waals surface area (Å²) in [4.78, 5) is 11.7. The molecule has 0 unspecified atom stereocenters. The molecule has 4 nitrogen and oxygen atoms in total. The lowest BCUT2D eigenvalue weighted by Crippen LogP contribution is -2.28. The molecule has 3 N–H and O–H groups in total. The molecule has 2 rings (SSSR count).